The van der Waals surface area contributed by atoms with E-state index in [0.717, 1.165) is 36.8 Å². The molecule has 0 aliphatic heterocycles. The van der Waals surface area contributed by atoms with Crippen LogP contribution in [0.15, 0.2) is 54.6 Å². The fourth-order valence-electron chi connectivity index (χ4n) is 5.45. The van der Waals surface area contributed by atoms with Crippen molar-refractivity contribution in [3.05, 3.63) is 71.3 Å². The lowest BCUT2D eigenvalue weighted by molar-refractivity contribution is -0.141. The summed E-state index contributed by atoms with van der Waals surface area (Å²) in [5.41, 5.74) is 3.31. The predicted octanol–water partition coefficient (Wildman–Crippen LogP) is 4.20. The highest BCUT2D eigenvalue weighted by Crippen LogP contribution is 2.29. The number of hydrogen-bond acceptors (Lipinski definition) is 6. The van der Waals surface area contributed by atoms with Crippen molar-refractivity contribution in [1.82, 2.24) is 25.8 Å². The molecule has 10 heteroatoms. The Bertz CT molecular complexity index is 1250. The van der Waals surface area contributed by atoms with Crippen molar-refractivity contribution in [2.45, 2.75) is 84.0 Å². The van der Waals surface area contributed by atoms with Gasteiger partial charge in [-0.3, -0.25) is 14.4 Å². The number of rotatable bonds is 16. The van der Waals surface area contributed by atoms with E-state index < -0.39 is 12.1 Å². The summed E-state index contributed by atoms with van der Waals surface area (Å²) < 4.78 is 5.40. The molecule has 0 saturated carbocycles. The average Bonchev–Trinajstić information content (AvgIpc) is 3.04. The largest absolute Gasteiger partial charge is 0.445 e. The van der Waals surface area contributed by atoms with Crippen molar-refractivity contribution >= 4 is 23.8 Å². The minimum Gasteiger partial charge on any atom is -0.445 e. The lowest BCUT2D eigenvalue weighted by Crippen LogP contribution is -2.56. The molecule has 0 aromatic heterocycles. The number of carbonyl (C=O) groups is 4. The van der Waals surface area contributed by atoms with Crippen molar-refractivity contribution in [3.8, 4) is 0 Å². The standard InChI is InChI=1S/C35H51N5O5/c1-25(2)32(38-33(42)26(3)36-4)34(43)40(23-31(41)37-30-20-14-18-28-17-10-11-19-29(28)30)22-13-7-12-21-39(5)35(44)45-24-27-15-8-6-9-16-27/h6,8-11,15-17,19,25-26,30,32,36H,7,12-14,18,20-24H2,1-5H3,(H,37,41)(H,38,42)/t26-,30?,32-/m0/s1. The van der Waals surface area contributed by atoms with Gasteiger partial charge in [-0.05, 0) is 75.1 Å². The number of nitrogens with one attached hydrogen (secondary N) is 3. The summed E-state index contributed by atoms with van der Waals surface area (Å²) in [5, 5.41) is 8.95. The van der Waals surface area contributed by atoms with E-state index in [4.69, 9.17) is 4.74 Å². The van der Waals surface area contributed by atoms with Gasteiger partial charge in [0.1, 0.15) is 12.6 Å². The molecule has 10 nitrogen and oxygen atoms in total. The highest BCUT2D eigenvalue weighted by atomic mass is 16.6. The van der Waals surface area contributed by atoms with Gasteiger partial charge in [0, 0.05) is 20.1 Å². The fourth-order valence-corrected chi connectivity index (χ4v) is 5.45. The van der Waals surface area contributed by atoms with Gasteiger partial charge in [0.25, 0.3) is 0 Å². The molecule has 2 aromatic rings. The maximum Gasteiger partial charge on any atom is 0.409 e. The van der Waals surface area contributed by atoms with E-state index in [9.17, 15) is 19.2 Å². The summed E-state index contributed by atoms with van der Waals surface area (Å²) in [7, 11) is 3.40. The molecule has 1 aliphatic rings. The summed E-state index contributed by atoms with van der Waals surface area (Å²) in [6.07, 6.45) is 4.55. The highest BCUT2D eigenvalue weighted by molar-refractivity contribution is 5.92. The number of aryl methyl sites for hydroxylation is 1. The Hall–Kier alpha value is -3.92. The van der Waals surface area contributed by atoms with Crippen LogP contribution in [0.25, 0.3) is 0 Å². The Morgan fingerprint density at radius 1 is 0.933 bits per heavy atom. The van der Waals surface area contributed by atoms with Crippen LogP contribution in [-0.4, -0.2) is 79.4 Å². The number of carbonyl (C=O) groups excluding carboxylic acids is 4. The zero-order chi connectivity index (χ0) is 32.8. The molecule has 0 saturated heterocycles. The monoisotopic (exact) mass is 621 g/mol. The lowest BCUT2D eigenvalue weighted by atomic mass is 9.88. The molecule has 0 heterocycles. The predicted molar refractivity (Wildman–Crippen MR) is 175 cm³/mol. The van der Waals surface area contributed by atoms with Crippen LogP contribution in [-0.2, 0) is 32.1 Å². The zero-order valence-electron chi connectivity index (χ0n) is 27.5. The van der Waals surface area contributed by atoms with Gasteiger partial charge in [-0.1, -0.05) is 68.4 Å². The first-order chi connectivity index (χ1) is 21.6. The molecule has 1 unspecified atom stereocenters. The van der Waals surface area contributed by atoms with Gasteiger partial charge in [0.2, 0.25) is 17.7 Å². The van der Waals surface area contributed by atoms with E-state index in [-0.39, 0.29) is 48.9 Å². The molecule has 0 spiro atoms. The van der Waals surface area contributed by atoms with Crippen molar-refractivity contribution in [2.75, 3.05) is 33.7 Å². The van der Waals surface area contributed by atoms with Gasteiger partial charge in [-0.25, -0.2) is 4.79 Å². The number of nitrogens with zero attached hydrogens (tertiary/aromatic N) is 2. The summed E-state index contributed by atoms with van der Waals surface area (Å²) in [6.45, 7) is 6.50. The van der Waals surface area contributed by atoms with Gasteiger partial charge in [-0.2, -0.15) is 0 Å². The second kappa shape index (κ2) is 18.1. The third-order valence-corrected chi connectivity index (χ3v) is 8.35. The first-order valence-electron chi connectivity index (χ1n) is 16.2. The molecule has 1 aliphatic carbocycles. The number of unbranched alkanes of at least 4 members (excludes halogenated alkanes) is 2. The molecular weight excluding hydrogens is 570 g/mol. The maximum atomic E-state index is 13.8. The number of fused-ring (bicyclic) bond motifs is 1. The van der Waals surface area contributed by atoms with E-state index >= 15 is 0 Å². The smallest absolute Gasteiger partial charge is 0.409 e. The summed E-state index contributed by atoms with van der Waals surface area (Å²) in [4.78, 5) is 55.4. The van der Waals surface area contributed by atoms with Crippen LogP contribution in [0.3, 0.4) is 0 Å². The Morgan fingerprint density at radius 3 is 2.33 bits per heavy atom. The zero-order valence-corrected chi connectivity index (χ0v) is 27.5. The van der Waals surface area contributed by atoms with Crippen LogP contribution < -0.4 is 16.0 Å². The highest BCUT2D eigenvalue weighted by Gasteiger charge is 2.31. The third-order valence-electron chi connectivity index (χ3n) is 8.35. The SMILES string of the molecule is CN[C@@H](C)C(=O)N[C@H](C(=O)N(CCCCCN(C)C(=O)OCc1ccccc1)CC(=O)NC1CCCc2ccccc21)C(C)C. The van der Waals surface area contributed by atoms with E-state index in [1.165, 1.54) is 5.56 Å². The normalized spacial score (nSPS) is 15.4. The maximum absolute atomic E-state index is 13.8. The first kappa shape index (κ1) is 35.6. The van der Waals surface area contributed by atoms with E-state index in [1.807, 2.05) is 56.3 Å². The van der Waals surface area contributed by atoms with Crippen LogP contribution in [0.5, 0.6) is 0 Å². The molecule has 0 radical (unpaired) electrons. The van der Waals surface area contributed by atoms with Crippen molar-refractivity contribution in [2.24, 2.45) is 5.92 Å². The Kier molecular flexibility index (Phi) is 14.3. The van der Waals surface area contributed by atoms with Crippen LogP contribution >= 0.6 is 0 Å². The molecule has 45 heavy (non-hydrogen) atoms. The summed E-state index contributed by atoms with van der Waals surface area (Å²) in [6, 6.07) is 16.4. The van der Waals surface area contributed by atoms with Crippen molar-refractivity contribution in [1.29, 1.82) is 0 Å². The molecular formula is C35H51N5O5. The number of amides is 4. The number of likely N-dealkylation sites (N-methyl/N-ethyl adjacent to an activating group) is 1. The second-order valence-electron chi connectivity index (χ2n) is 12.2. The molecule has 246 valence electrons. The van der Waals surface area contributed by atoms with Crippen LogP contribution in [0.1, 0.15) is 75.6 Å². The van der Waals surface area contributed by atoms with Gasteiger partial charge in [0.15, 0.2) is 0 Å². The second-order valence-corrected chi connectivity index (χ2v) is 12.2. The van der Waals surface area contributed by atoms with Crippen molar-refractivity contribution in [3.63, 3.8) is 0 Å². The molecule has 0 fully saturated rings. The fraction of sp³-hybridized carbons (Fsp3) is 0.543. The Labute approximate surface area is 268 Å². The number of hydrogen-bond donors (Lipinski definition) is 3. The summed E-state index contributed by atoms with van der Waals surface area (Å²) in [5.74, 6) is -0.933. The van der Waals surface area contributed by atoms with Gasteiger partial charge >= 0.3 is 6.09 Å². The lowest BCUT2D eigenvalue weighted by Gasteiger charge is -2.31. The van der Waals surface area contributed by atoms with Gasteiger partial charge < -0.3 is 30.5 Å². The van der Waals surface area contributed by atoms with Gasteiger partial charge in [0.05, 0.1) is 18.6 Å². The number of ether oxygens (including phenoxy) is 1. The van der Waals surface area contributed by atoms with Crippen LogP contribution in [0.4, 0.5) is 4.79 Å². The minimum atomic E-state index is -0.762. The Morgan fingerprint density at radius 2 is 1.62 bits per heavy atom. The van der Waals surface area contributed by atoms with Crippen LogP contribution in [0.2, 0.25) is 0 Å². The van der Waals surface area contributed by atoms with E-state index in [0.29, 0.717) is 25.9 Å². The molecule has 2 aromatic carbocycles. The third kappa shape index (κ3) is 11.2. The average molecular weight is 622 g/mol. The number of benzene rings is 2. The molecule has 0 bridgehead atoms. The topological polar surface area (TPSA) is 120 Å². The minimum absolute atomic E-state index is 0.0892. The Balaban J connectivity index is 1.59. The molecule has 3 N–H and O–H groups in total. The molecule has 4 amide bonds. The van der Waals surface area contributed by atoms with Crippen LogP contribution in [0, 0.1) is 5.92 Å². The quantitative estimate of drug-likeness (QED) is 0.242. The summed E-state index contributed by atoms with van der Waals surface area (Å²) >= 11 is 0. The van der Waals surface area contributed by atoms with Crippen molar-refractivity contribution < 1.29 is 23.9 Å². The van der Waals surface area contributed by atoms with E-state index in [1.54, 1.807) is 30.8 Å². The molecule has 3 atom stereocenters. The first-order valence-corrected chi connectivity index (χ1v) is 16.2. The van der Waals surface area contributed by atoms with Gasteiger partial charge in [-0.15, -0.1) is 0 Å². The van der Waals surface area contributed by atoms with E-state index in [2.05, 4.69) is 28.1 Å². The molecule has 3 rings (SSSR count).